The van der Waals surface area contributed by atoms with Gasteiger partial charge in [0, 0.05) is 35.2 Å². The Kier molecular flexibility index (Phi) is 6.29. The predicted octanol–water partition coefficient (Wildman–Crippen LogP) is 3.77. The molecule has 3 rings (SSSR count). The van der Waals surface area contributed by atoms with Crippen LogP contribution in [0.2, 0.25) is 0 Å². The number of nitro benzene ring substituents is 1. The molecule has 0 aliphatic carbocycles. The molecule has 154 valence electrons. The van der Waals surface area contributed by atoms with E-state index in [1.807, 2.05) is 0 Å². The van der Waals surface area contributed by atoms with Crippen molar-refractivity contribution < 1.29 is 19.2 Å². The lowest BCUT2D eigenvalue weighted by molar-refractivity contribution is -0.385. The van der Waals surface area contributed by atoms with E-state index in [4.69, 9.17) is 4.74 Å². The molecule has 0 radical (unpaired) electrons. The van der Waals surface area contributed by atoms with Gasteiger partial charge in [-0.2, -0.15) is 0 Å². The summed E-state index contributed by atoms with van der Waals surface area (Å²) < 4.78 is 5.22. The highest BCUT2D eigenvalue weighted by Crippen LogP contribution is 2.38. The number of carbonyl (C=O) groups is 2. The van der Waals surface area contributed by atoms with Gasteiger partial charge < -0.3 is 10.1 Å². The van der Waals surface area contributed by atoms with Crippen molar-refractivity contribution in [2.24, 2.45) is 0 Å². The molecule has 1 aromatic carbocycles. The minimum atomic E-state index is -0.515. The van der Waals surface area contributed by atoms with Crippen molar-refractivity contribution >= 4 is 33.9 Å². The Morgan fingerprint density at radius 1 is 1.34 bits per heavy atom. The predicted molar refractivity (Wildman–Crippen MR) is 111 cm³/mol. The van der Waals surface area contributed by atoms with Gasteiger partial charge in [-0.1, -0.05) is 13.0 Å². The van der Waals surface area contributed by atoms with Gasteiger partial charge >= 0.3 is 5.97 Å². The number of thiophene rings is 1. The van der Waals surface area contributed by atoms with Crippen LogP contribution in [0.3, 0.4) is 0 Å². The topological polar surface area (TPSA) is 102 Å². The van der Waals surface area contributed by atoms with E-state index >= 15 is 0 Å². The van der Waals surface area contributed by atoms with Crippen LogP contribution in [-0.4, -0.2) is 41.4 Å². The summed E-state index contributed by atoms with van der Waals surface area (Å²) in [6.07, 6.45) is 0.708. The number of carbonyl (C=O) groups excluding carboxylic acids is 2. The quantitative estimate of drug-likeness (QED) is 0.436. The number of benzene rings is 1. The molecule has 0 bridgehead atoms. The summed E-state index contributed by atoms with van der Waals surface area (Å²) in [6, 6.07) is 4.37. The van der Waals surface area contributed by atoms with Crippen LogP contribution in [0.25, 0.3) is 0 Å². The number of ether oxygens (including phenoxy) is 1. The van der Waals surface area contributed by atoms with E-state index in [1.54, 1.807) is 6.92 Å². The van der Waals surface area contributed by atoms with Gasteiger partial charge in [0.1, 0.15) is 5.00 Å². The minimum absolute atomic E-state index is 0.118. The first-order chi connectivity index (χ1) is 13.9. The zero-order valence-electron chi connectivity index (χ0n) is 16.6. The first kappa shape index (κ1) is 20.9. The molecular weight excluding hydrogens is 394 g/mol. The summed E-state index contributed by atoms with van der Waals surface area (Å²) in [5, 5.41) is 14.4. The number of nitro groups is 1. The summed E-state index contributed by atoms with van der Waals surface area (Å²) >= 11 is 1.37. The molecule has 2 aromatic rings. The second-order valence-corrected chi connectivity index (χ2v) is 7.81. The third-order valence-electron chi connectivity index (χ3n) is 5.04. The van der Waals surface area contributed by atoms with E-state index in [2.05, 4.69) is 17.1 Å². The van der Waals surface area contributed by atoms with E-state index in [0.29, 0.717) is 23.5 Å². The van der Waals surface area contributed by atoms with Crippen molar-refractivity contribution in [3.05, 3.63) is 55.4 Å². The molecule has 1 aliphatic heterocycles. The summed E-state index contributed by atoms with van der Waals surface area (Å²) in [5.74, 6) is -0.941. The fourth-order valence-electron chi connectivity index (χ4n) is 3.47. The van der Waals surface area contributed by atoms with Gasteiger partial charge in [0.25, 0.3) is 11.6 Å². The van der Waals surface area contributed by atoms with Gasteiger partial charge in [0.2, 0.25) is 0 Å². The molecule has 29 heavy (non-hydrogen) atoms. The third kappa shape index (κ3) is 4.15. The smallest absolute Gasteiger partial charge is 0.341 e. The Hall–Kier alpha value is -2.78. The van der Waals surface area contributed by atoms with Gasteiger partial charge in [-0.05, 0) is 38.4 Å². The van der Waals surface area contributed by atoms with E-state index in [9.17, 15) is 19.7 Å². The Bertz CT molecular complexity index is 969. The largest absolute Gasteiger partial charge is 0.462 e. The van der Waals surface area contributed by atoms with Crippen LogP contribution in [0, 0.1) is 17.0 Å². The third-order valence-corrected chi connectivity index (χ3v) is 6.17. The second kappa shape index (κ2) is 8.71. The number of rotatable bonds is 6. The number of nitrogens with one attached hydrogen (secondary N) is 1. The second-order valence-electron chi connectivity index (χ2n) is 6.71. The number of esters is 1. The summed E-state index contributed by atoms with van der Waals surface area (Å²) in [4.78, 5) is 39.5. The van der Waals surface area contributed by atoms with Crippen molar-refractivity contribution in [2.75, 3.05) is 25.0 Å². The van der Waals surface area contributed by atoms with E-state index in [1.165, 1.54) is 36.5 Å². The maximum atomic E-state index is 12.9. The van der Waals surface area contributed by atoms with Crippen LogP contribution < -0.4 is 5.32 Å². The van der Waals surface area contributed by atoms with Gasteiger partial charge in [-0.25, -0.2) is 4.79 Å². The van der Waals surface area contributed by atoms with Crippen molar-refractivity contribution in [2.45, 2.75) is 33.7 Å². The molecule has 0 atom stereocenters. The molecule has 0 spiro atoms. The molecule has 0 saturated carbocycles. The highest BCUT2D eigenvalue weighted by atomic mass is 32.1. The Labute approximate surface area is 172 Å². The molecular formula is C20H23N3O5S. The van der Waals surface area contributed by atoms with Gasteiger partial charge in [-0.15, -0.1) is 11.3 Å². The number of hydrogen-bond donors (Lipinski definition) is 1. The number of likely N-dealkylation sites (N-methyl/N-ethyl adjacent to an activating group) is 1. The highest BCUT2D eigenvalue weighted by molar-refractivity contribution is 7.17. The lowest BCUT2D eigenvalue weighted by atomic mass is 10.0. The zero-order valence-corrected chi connectivity index (χ0v) is 17.4. The summed E-state index contributed by atoms with van der Waals surface area (Å²) in [6.45, 7) is 8.05. The standard InChI is InChI=1S/C20H23N3O5S/c1-4-22-10-9-14-16(11-22)29-19(17(14)20(25)28-5-2)21-18(24)13-7-6-8-15(12(13)3)23(26)27/h6-8H,4-5,9-11H2,1-3H3,(H,21,24). The number of hydrogen-bond acceptors (Lipinski definition) is 7. The molecule has 1 N–H and O–H groups in total. The highest BCUT2D eigenvalue weighted by Gasteiger charge is 2.30. The summed E-state index contributed by atoms with van der Waals surface area (Å²) in [5.41, 5.74) is 1.69. The molecule has 2 heterocycles. The SMILES string of the molecule is CCOC(=O)c1c(NC(=O)c2cccc([N+](=O)[O-])c2C)sc2c1CCN(CC)C2. The monoisotopic (exact) mass is 417 g/mol. The fraction of sp³-hybridized carbons (Fsp3) is 0.400. The molecule has 0 fully saturated rings. The van der Waals surface area contributed by atoms with Crippen LogP contribution in [0.4, 0.5) is 10.7 Å². The molecule has 0 saturated heterocycles. The Balaban J connectivity index is 1.97. The molecule has 1 aromatic heterocycles. The van der Waals surface area contributed by atoms with Crippen LogP contribution >= 0.6 is 11.3 Å². The molecule has 1 aliphatic rings. The molecule has 8 nitrogen and oxygen atoms in total. The number of nitrogens with zero attached hydrogens (tertiary/aromatic N) is 2. The molecule has 9 heteroatoms. The Morgan fingerprint density at radius 2 is 2.10 bits per heavy atom. The van der Waals surface area contributed by atoms with E-state index in [0.717, 1.165) is 23.5 Å². The fourth-order valence-corrected chi connectivity index (χ4v) is 4.74. The van der Waals surface area contributed by atoms with Crippen LogP contribution in [0.15, 0.2) is 18.2 Å². The van der Waals surface area contributed by atoms with Gasteiger partial charge in [-0.3, -0.25) is 19.8 Å². The molecule has 1 amide bonds. The van der Waals surface area contributed by atoms with Gasteiger partial charge in [0.05, 0.1) is 17.1 Å². The van der Waals surface area contributed by atoms with Crippen molar-refractivity contribution in [1.29, 1.82) is 0 Å². The minimum Gasteiger partial charge on any atom is -0.462 e. The first-order valence-electron chi connectivity index (χ1n) is 9.46. The number of amides is 1. The van der Waals surface area contributed by atoms with Crippen molar-refractivity contribution in [3.8, 4) is 0 Å². The molecule has 0 unspecified atom stereocenters. The van der Waals surface area contributed by atoms with Crippen LogP contribution in [0.1, 0.15) is 50.6 Å². The maximum Gasteiger partial charge on any atom is 0.341 e. The normalized spacial score (nSPS) is 13.6. The number of anilines is 1. The Morgan fingerprint density at radius 3 is 2.76 bits per heavy atom. The zero-order chi connectivity index (χ0) is 21.1. The van der Waals surface area contributed by atoms with Crippen LogP contribution in [0.5, 0.6) is 0 Å². The summed E-state index contributed by atoms with van der Waals surface area (Å²) in [7, 11) is 0. The lowest BCUT2D eigenvalue weighted by Crippen LogP contribution is -2.30. The van der Waals surface area contributed by atoms with Crippen molar-refractivity contribution in [3.63, 3.8) is 0 Å². The first-order valence-corrected chi connectivity index (χ1v) is 10.3. The van der Waals surface area contributed by atoms with E-state index in [-0.39, 0.29) is 23.4 Å². The van der Waals surface area contributed by atoms with Gasteiger partial charge in [0.15, 0.2) is 0 Å². The average molecular weight is 417 g/mol. The lowest BCUT2D eigenvalue weighted by Gasteiger charge is -2.25. The maximum absolute atomic E-state index is 12.9. The average Bonchev–Trinajstić information content (AvgIpc) is 3.04. The van der Waals surface area contributed by atoms with Crippen LogP contribution in [-0.2, 0) is 17.7 Å². The van der Waals surface area contributed by atoms with E-state index < -0.39 is 16.8 Å². The number of fused-ring (bicyclic) bond motifs is 1. The van der Waals surface area contributed by atoms with Crippen molar-refractivity contribution in [1.82, 2.24) is 4.90 Å².